The molecule has 1 fully saturated rings. The van der Waals surface area contributed by atoms with E-state index in [1.54, 1.807) is 29.2 Å². The van der Waals surface area contributed by atoms with Crippen LogP contribution in [0.4, 0.5) is 4.79 Å². The molecule has 1 aliphatic heterocycles. The van der Waals surface area contributed by atoms with Gasteiger partial charge in [-0.2, -0.15) is 5.26 Å². The lowest BCUT2D eigenvalue weighted by atomic mass is 10.2. The summed E-state index contributed by atoms with van der Waals surface area (Å²) in [6.07, 6.45) is 0.363. The number of hydrogen-bond donors (Lipinski definition) is 1. The summed E-state index contributed by atoms with van der Waals surface area (Å²) in [6.45, 7) is 6.51. The minimum absolute atomic E-state index is 0.0610. The smallest absolute Gasteiger partial charge is 0.410 e. The fraction of sp³-hybridized carbons (Fsp3) is 0.500. The van der Waals surface area contributed by atoms with E-state index in [0.717, 1.165) is 0 Å². The molecule has 1 aromatic rings. The molecular weight excluding hydrogens is 314 g/mol. The number of benzene rings is 1. The van der Waals surface area contributed by atoms with E-state index in [4.69, 9.17) is 10.00 Å². The summed E-state index contributed by atoms with van der Waals surface area (Å²) in [5.41, 5.74) is -0.0529. The highest BCUT2D eigenvalue weighted by Gasteiger charge is 2.30. The van der Waals surface area contributed by atoms with Gasteiger partial charge in [0.25, 0.3) is 0 Å². The lowest BCUT2D eigenvalue weighted by Gasteiger charge is -2.24. The summed E-state index contributed by atoms with van der Waals surface area (Å²) in [6, 6.07) is 8.65. The largest absolute Gasteiger partial charge is 0.444 e. The predicted octanol–water partition coefficient (Wildman–Crippen LogP) is 2.18. The molecule has 0 aliphatic carbocycles. The average molecular weight is 335 g/mol. The van der Waals surface area contributed by atoms with Crippen LogP contribution in [0.5, 0.6) is 0 Å². The fourth-order valence-electron chi connectivity index (χ4n) is 2.25. The molecule has 1 amide bonds. The minimum Gasteiger partial charge on any atom is -0.444 e. The molecule has 0 spiro atoms. The summed E-state index contributed by atoms with van der Waals surface area (Å²) >= 11 is 0. The Morgan fingerprint density at radius 2 is 2.22 bits per heavy atom. The van der Waals surface area contributed by atoms with E-state index in [9.17, 15) is 9.00 Å². The number of rotatable bonds is 3. The maximum absolute atomic E-state index is 12.3. The number of likely N-dealkylation sites (tertiary alicyclic amines) is 1. The molecule has 1 aromatic carbocycles. The Balaban J connectivity index is 1.91. The second kappa shape index (κ2) is 7.11. The Hall–Kier alpha value is -1.91. The predicted molar refractivity (Wildman–Crippen MR) is 86.9 cm³/mol. The van der Waals surface area contributed by atoms with Crippen LogP contribution >= 0.6 is 0 Å². The first kappa shape index (κ1) is 17.4. The zero-order chi connectivity index (χ0) is 17.0. The molecule has 7 heteroatoms. The van der Waals surface area contributed by atoms with Crippen LogP contribution in [-0.4, -0.2) is 39.9 Å². The second-order valence-corrected chi connectivity index (χ2v) is 7.68. The van der Waals surface area contributed by atoms with Gasteiger partial charge in [-0.05, 0) is 45.4 Å². The lowest BCUT2D eigenvalue weighted by Crippen LogP contribution is -2.38. The number of ether oxygens (including phenoxy) is 1. The SMILES string of the molecule is CC(C)(C)OC(=O)N1CCC(NS(=O)c2cccc(C#N)c2)C1. The van der Waals surface area contributed by atoms with Crippen molar-refractivity contribution in [1.82, 2.24) is 9.62 Å². The molecule has 2 atom stereocenters. The van der Waals surface area contributed by atoms with E-state index < -0.39 is 16.6 Å². The first-order valence-electron chi connectivity index (χ1n) is 7.44. The molecule has 23 heavy (non-hydrogen) atoms. The van der Waals surface area contributed by atoms with E-state index in [1.165, 1.54) is 0 Å². The van der Waals surface area contributed by atoms with Gasteiger partial charge in [-0.15, -0.1) is 0 Å². The third-order valence-corrected chi connectivity index (χ3v) is 4.52. The van der Waals surface area contributed by atoms with Crippen LogP contribution in [0, 0.1) is 11.3 Å². The summed E-state index contributed by atoms with van der Waals surface area (Å²) in [5.74, 6) is 0. The maximum Gasteiger partial charge on any atom is 0.410 e. The highest BCUT2D eigenvalue weighted by molar-refractivity contribution is 7.83. The molecule has 0 radical (unpaired) electrons. The van der Waals surface area contributed by atoms with Crippen molar-refractivity contribution in [2.24, 2.45) is 0 Å². The highest BCUT2D eigenvalue weighted by atomic mass is 32.2. The van der Waals surface area contributed by atoms with Crippen LogP contribution in [0.15, 0.2) is 29.2 Å². The van der Waals surface area contributed by atoms with Crippen molar-refractivity contribution in [3.8, 4) is 6.07 Å². The van der Waals surface area contributed by atoms with Gasteiger partial charge in [-0.25, -0.2) is 13.7 Å². The second-order valence-electron chi connectivity index (χ2n) is 6.44. The molecule has 0 aromatic heterocycles. The summed E-state index contributed by atoms with van der Waals surface area (Å²) in [7, 11) is -1.41. The van der Waals surface area contributed by atoms with Gasteiger partial charge >= 0.3 is 6.09 Å². The van der Waals surface area contributed by atoms with E-state index >= 15 is 0 Å². The molecule has 2 unspecified atom stereocenters. The number of hydrogen-bond acceptors (Lipinski definition) is 4. The number of amides is 1. The van der Waals surface area contributed by atoms with Crippen molar-refractivity contribution in [2.75, 3.05) is 13.1 Å². The topological polar surface area (TPSA) is 82.4 Å². The molecule has 1 saturated heterocycles. The van der Waals surface area contributed by atoms with Crippen molar-refractivity contribution in [2.45, 2.75) is 43.7 Å². The van der Waals surface area contributed by atoms with Crippen LogP contribution in [0.1, 0.15) is 32.8 Å². The van der Waals surface area contributed by atoms with Gasteiger partial charge in [-0.3, -0.25) is 0 Å². The molecule has 0 saturated carbocycles. The number of carbonyl (C=O) groups is 1. The fourth-order valence-corrected chi connectivity index (χ4v) is 3.32. The number of nitrogens with one attached hydrogen (secondary N) is 1. The zero-order valence-electron chi connectivity index (χ0n) is 13.5. The van der Waals surface area contributed by atoms with E-state index in [2.05, 4.69) is 4.72 Å². The van der Waals surface area contributed by atoms with E-state index in [-0.39, 0.29) is 12.1 Å². The van der Waals surface area contributed by atoms with Crippen molar-refractivity contribution in [3.63, 3.8) is 0 Å². The lowest BCUT2D eigenvalue weighted by molar-refractivity contribution is 0.0292. The first-order valence-corrected chi connectivity index (χ1v) is 8.59. The Kier molecular flexibility index (Phi) is 5.39. The molecule has 6 nitrogen and oxygen atoms in total. The molecule has 1 aliphatic rings. The first-order chi connectivity index (χ1) is 10.8. The minimum atomic E-state index is -1.41. The van der Waals surface area contributed by atoms with Gasteiger partial charge in [0.05, 0.1) is 16.5 Å². The Morgan fingerprint density at radius 1 is 1.48 bits per heavy atom. The summed E-state index contributed by atoms with van der Waals surface area (Å²) in [5, 5.41) is 8.89. The number of nitrogens with zero attached hydrogens (tertiary/aromatic N) is 2. The third kappa shape index (κ3) is 5.05. The van der Waals surface area contributed by atoms with Crippen LogP contribution in [-0.2, 0) is 15.7 Å². The van der Waals surface area contributed by atoms with Crippen LogP contribution in [0.2, 0.25) is 0 Å². The van der Waals surface area contributed by atoms with Crippen LogP contribution in [0.25, 0.3) is 0 Å². The quantitative estimate of drug-likeness (QED) is 0.918. The Bertz CT molecular complexity index is 649. The molecule has 0 bridgehead atoms. The van der Waals surface area contributed by atoms with Crippen LogP contribution in [0.3, 0.4) is 0 Å². The highest BCUT2D eigenvalue weighted by Crippen LogP contribution is 2.16. The van der Waals surface area contributed by atoms with Gasteiger partial charge in [0.1, 0.15) is 16.6 Å². The van der Waals surface area contributed by atoms with Crippen molar-refractivity contribution >= 4 is 17.1 Å². The van der Waals surface area contributed by atoms with Gasteiger partial charge in [0.2, 0.25) is 0 Å². The van der Waals surface area contributed by atoms with Crippen LogP contribution < -0.4 is 4.72 Å². The van der Waals surface area contributed by atoms with E-state index in [0.29, 0.717) is 30.0 Å². The molecular formula is C16H21N3O3S. The van der Waals surface area contributed by atoms with Gasteiger partial charge in [0, 0.05) is 19.1 Å². The molecule has 1 heterocycles. The average Bonchev–Trinajstić information content (AvgIpc) is 2.94. The molecule has 1 N–H and O–H groups in total. The standard InChI is InChI=1S/C16H21N3O3S/c1-16(2,3)22-15(20)19-8-7-13(11-19)18-23(21)14-6-4-5-12(9-14)10-17/h4-6,9,13,18H,7-8,11H2,1-3H3. The number of nitriles is 1. The molecule has 124 valence electrons. The maximum atomic E-state index is 12.3. The van der Waals surface area contributed by atoms with Gasteiger partial charge in [0.15, 0.2) is 0 Å². The van der Waals surface area contributed by atoms with Crippen molar-refractivity contribution in [1.29, 1.82) is 5.26 Å². The Labute approximate surface area is 139 Å². The monoisotopic (exact) mass is 335 g/mol. The third-order valence-electron chi connectivity index (χ3n) is 3.29. The normalized spacial score (nSPS) is 19.2. The molecule has 2 rings (SSSR count). The number of carbonyl (C=O) groups excluding carboxylic acids is 1. The van der Waals surface area contributed by atoms with Crippen molar-refractivity contribution in [3.05, 3.63) is 29.8 Å². The summed E-state index contributed by atoms with van der Waals surface area (Å²) < 4.78 is 20.7. The summed E-state index contributed by atoms with van der Waals surface area (Å²) in [4.78, 5) is 14.2. The Morgan fingerprint density at radius 3 is 2.87 bits per heavy atom. The van der Waals surface area contributed by atoms with E-state index in [1.807, 2.05) is 26.8 Å². The van der Waals surface area contributed by atoms with Gasteiger partial charge in [-0.1, -0.05) is 6.07 Å². The van der Waals surface area contributed by atoms with Gasteiger partial charge < -0.3 is 9.64 Å². The zero-order valence-corrected chi connectivity index (χ0v) is 14.4. The van der Waals surface area contributed by atoms with Crippen molar-refractivity contribution < 1.29 is 13.7 Å².